The second-order valence-corrected chi connectivity index (χ2v) is 5.84. The van der Waals surface area contributed by atoms with E-state index in [0.717, 1.165) is 18.7 Å². The van der Waals surface area contributed by atoms with E-state index in [-0.39, 0.29) is 12.5 Å². The van der Waals surface area contributed by atoms with Gasteiger partial charge in [0.15, 0.2) is 0 Å². The maximum absolute atomic E-state index is 12.3. The van der Waals surface area contributed by atoms with Gasteiger partial charge in [-0.25, -0.2) is 0 Å². The third-order valence-electron chi connectivity index (χ3n) is 4.23. The minimum Gasteiger partial charge on any atom is -0.368 e. The number of fused-ring (bicyclic) bond motifs is 1. The number of nitrogens with two attached hydrogens (primary N) is 1. The van der Waals surface area contributed by atoms with Gasteiger partial charge in [-0.15, -0.1) is 0 Å². The van der Waals surface area contributed by atoms with Gasteiger partial charge in [-0.2, -0.15) is 13.2 Å². The Kier molecular flexibility index (Phi) is 5.14. The minimum absolute atomic E-state index is 0.122. The van der Waals surface area contributed by atoms with Crippen molar-refractivity contribution in [1.29, 1.82) is 0 Å². The molecule has 1 aliphatic rings. The van der Waals surface area contributed by atoms with E-state index in [9.17, 15) is 13.2 Å². The van der Waals surface area contributed by atoms with E-state index in [2.05, 4.69) is 17.0 Å². The van der Waals surface area contributed by atoms with Crippen LogP contribution in [-0.2, 0) is 0 Å². The van der Waals surface area contributed by atoms with Crippen LogP contribution in [0.25, 0.3) is 0 Å². The molecule has 0 saturated carbocycles. The number of nitrogens with zero attached hydrogens (tertiary/aromatic N) is 1. The van der Waals surface area contributed by atoms with E-state index < -0.39 is 12.6 Å². The molecule has 118 valence electrons. The standard InChI is InChI=1S/C16H23F3N2/c1-12(5-4-9-16(17,18)19)21-11-13(8-10-20)14-6-2-3-7-15(14)21/h2-3,6-7,12-13H,4-5,8-11,20H2,1H3. The summed E-state index contributed by atoms with van der Waals surface area (Å²) in [6.45, 7) is 3.51. The average Bonchev–Trinajstić information content (AvgIpc) is 2.77. The Bertz CT molecular complexity index is 459. The Hall–Kier alpha value is -1.23. The Balaban J connectivity index is 2.00. The molecule has 1 aromatic rings. The van der Waals surface area contributed by atoms with Crippen molar-refractivity contribution in [3.05, 3.63) is 29.8 Å². The van der Waals surface area contributed by atoms with Crippen molar-refractivity contribution >= 4 is 5.69 Å². The monoisotopic (exact) mass is 300 g/mol. The summed E-state index contributed by atoms with van der Waals surface area (Å²) in [5.74, 6) is 0.399. The fourth-order valence-electron chi connectivity index (χ4n) is 3.15. The van der Waals surface area contributed by atoms with Crippen LogP contribution in [0.5, 0.6) is 0 Å². The van der Waals surface area contributed by atoms with E-state index >= 15 is 0 Å². The summed E-state index contributed by atoms with van der Waals surface area (Å²) in [7, 11) is 0. The van der Waals surface area contributed by atoms with Gasteiger partial charge in [0.05, 0.1) is 0 Å². The summed E-state index contributed by atoms with van der Waals surface area (Å²) in [5, 5.41) is 0. The lowest BCUT2D eigenvalue weighted by molar-refractivity contribution is -0.135. The van der Waals surface area contributed by atoms with E-state index in [4.69, 9.17) is 5.73 Å². The first-order chi connectivity index (χ1) is 9.92. The summed E-state index contributed by atoms with van der Waals surface area (Å²) >= 11 is 0. The zero-order chi connectivity index (χ0) is 15.5. The van der Waals surface area contributed by atoms with Gasteiger partial charge in [0.25, 0.3) is 0 Å². The van der Waals surface area contributed by atoms with Gasteiger partial charge >= 0.3 is 6.18 Å². The summed E-state index contributed by atoms with van der Waals surface area (Å²) in [6, 6.07) is 8.29. The van der Waals surface area contributed by atoms with E-state index in [1.807, 2.05) is 19.1 Å². The quantitative estimate of drug-likeness (QED) is 0.858. The van der Waals surface area contributed by atoms with Crippen molar-refractivity contribution in [2.24, 2.45) is 5.73 Å². The molecule has 1 aromatic carbocycles. The summed E-state index contributed by atoms with van der Waals surface area (Å²) < 4.78 is 36.8. The predicted molar refractivity (Wildman–Crippen MR) is 79.6 cm³/mol. The molecule has 21 heavy (non-hydrogen) atoms. The fourth-order valence-corrected chi connectivity index (χ4v) is 3.15. The minimum atomic E-state index is -4.05. The zero-order valence-electron chi connectivity index (χ0n) is 12.4. The van der Waals surface area contributed by atoms with Gasteiger partial charge in [0.1, 0.15) is 0 Å². The van der Waals surface area contributed by atoms with Gasteiger partial charge in [-0.3, -0.25) is 0 Å². The molecular weight excluding hydrogens is 277 g/mol. The van der Waals surface area contributed by atoms with Crippen LogP contribution in [-0.4, -0.2) is 25.3 Å². The molecule has 0 amide bonds. The molecule has 0 fully saturated rings. The number of hydrogen-bond acceptors (Lipinski definition) is 2. The Morgan fingerprint density at radius 2 is 2.05 bits per heavy atom. The maximum atomic E-state index is 12.3. The van der Waals surface area contributed by atoms with E-state index in [0.29, 0.717) is 18.9 Å². The lowest BCUT2D eigenvalue weighted by Crippen LogP contribution is -2.32. The lowest BCUT2D eigenvalue weighted by atomic mass is 9.98. The van der Waals surface area contributed by atoms with Gasteiger partial charge in [0.2, 0.25) is 0 Å². The number of alkyl halides is 3. The van der Waals surface area contributed by atoms with E-state index in [1.54, 1.807) is 0 Å². The van der Waals surface area contributed by atoms with Crippen molar-refractivity contribution in [3.8, 4) is 0 Å². The number of hydrogen-bond donors (Lipinski definition) is 1. The van der Waals surface area contributed by atoms with Crippen LogP contribution in [0.15, 0.2) is 24.3 Å². The first-order valence-electron chi connectivity index (χ1n) is 7.54. The van der Waals surface area contributed by atoms with Crippen LogP contribution in [0.4, 0.5) is 18.9 Å². The molecule has 1 aliphatic heterocycles. The van der Waals surface area contributed by atoms with Crippen molar-refractivity contribution in [2.45, 2.75) is 50.7 Å². The third kappa shape index (κ3) is 4.13. The molecule has 0 radical (unpaired) electrons. The molecule has 2 nitrogen and oxygen atoms in total. The van der Waals surface area contributed by atoms with E-state index in [1.165, 1.54) is 5.56 Å². The second-order valence-electron chi connectivity index (χ2n) is 5.84. The number of para-hydroxylation sites is 1. The summed E-state index contributed by atoms with van der Waals surface area (Å²) in [5.41, 5.74) is 8.12. The first-order valence-corrected chi connectivity index (χ1v) is 7.54. The highest BCUT2D eigenvalue weighted by atomic mass is 19.4. The average molecular weight is 300 g/mol. The Morgan fingerprint density at radius 1 is 1.33 bits per heavy atom. The van der Waals surface area contributed by atoms with Crippen molar-refractivity contribution in [2.75, 3.05) is 18.0 Å². The number of halogens is 3. The fraction of sp³-hybridized carbons (Fsp3) is 0.625. The highest BCUT2D eigenvalue weighted by Crippen LogP contribution is 2.39. The molecule has 0 spiro atoms. The predicted octanol–water partition coefficient (Wildman–Crippen LogP) is 4.06. The van der Waals surface area contributed by atoms with Crippen LogP contribution in [0.3, 0.4) is 0 Å². The highest BCUT2D eigenvalue weighted by molar-refractivity contribution is 5.60. The van der Waals surface area contributed by atoms with Crippen LogP contribution in [0, 0.1) is 0 Å². The molecule has 1 heterocycles. The molecule has 5 heteroatoms. The topological polar surface area (TPSA) is 29.3 Å². The summed E-state index contributed by atoms with van der Waals surface area (Å²) in [6.07, 6.45) is -3.08. The molecule has 0 aromatic heterocycles. The zero-order valence-corrected chi connectivity index (χ0v) is 12.4. The maximum Gasteiger partial charge on any atom is 0.389 e. The molecule has 0 aliphatic carbocycles. The van der Waals surface area contributed by atoms with Crippen LogP contribution in [0.2, 0.25) is 0 Å². The number of rotatable bonds is 6. The SMILES string of the molecule is CC(CCCC(F)(F)F)N1CC(CCN)c2ccccc21. The smallest absolute Gasteiger partial charge is 0.368 e. The van der Waals surface area contributed by atoms with Gasteiger partial charge < -0.3 is 10.6 Å². The van der Waals surface area contributed by atoms with Crippen LogP contribution in [0.1, 0.15) is 44.1 Å². The van der Waals surface area contributed by atoms with Gasteiger partial charge in [-0.05, 0) is 44.4 Å². The Morgan fingerprint density at radius 3 is 2.71 bits per heavy atom. The third-order valence-corrected chi connectivity index (χ3v) is 4.23. The lowest BCUT2D eigenvalue weighted by Gasteiger charge is -2.28. The van der Waals surface area contributed by atoms with Gasteiger partial charge in [0, 0.05) is 30.6 Å². The molecular formula is C16H23F3N2. The number of anilines is 1. The highest BCUT2D eigenvalue weighted by Gasteiger charge is 2.31. The van der Waals surface area contributed by atoms with Gasteiger partial charge in [-0.1, -0.05) is 18.2 Å². The first kappa shape index (κ1) is 16.1. The van der Waals surface area contributed by atoms with Crippen LogP contribution >= 0.6 is 0 Å². The van der Waals surface area contributed by atoms with Crippen molar-refractivity contribution in [3.63, 3.8) is 0 Å². The Labute approximate surface area is 124 Å². The molecule has 0 bridgehead atoms. The molecule has 2 atom stereocenters. The molecule has 0 saturated heterocycles. The van der Waals surface area contributed by atoms with Crippen molar-refractivity contribution < 1.29 is 13.2 Å². The molecule has 2 unspecified atom stereocenters. The molecule has 2 rings (SSSR count). The summed E-state index contributed by atoms with van der Waals surface area (Å²) in [4.78, 5) is 2.24. The van der Waals surface area contributed by atoms with Crippen LogP contribution < -0.4 is 10.6 Å². The molecule has 2 N–H and O–H groups in total. The normalized spacial score (nSPS) is 19.7. The largest absolute Gasteiger partial charge is 0.389 e. The second kappa shape index (κ2) is 6.69. The number of benzene rings is 1. The van der Waals surface area contributed by atoms with Crippen molar-refractivity contribution in [1.82, 2.24) is 0 Å².